The van der Waals surface area contributed by atoms with Crippen molar-refractivity contribution in [2.75, 3.05) is 26.2 Å². The number of halogens is 2. The van der Waals surface area contributed by atoms with Crippen LogP contribution in [0.5, 0.6) is 0 Å². The van der Waals surface area contributed by atoms with Gasteiger partial charge in [0.05, 0.1) is 17.7 Å². The van der Waals surface area contributed by atoms with E-state index in [1.54, 1.807) is 12.1 Å². The first kappa shape index (κ1) is 22.1. The van der Waals surface area contributed by atoms with Gasteiger partial charge in [0, 0.05) is 12.1 Å². The number of rotatable bonds is 5. The zero-order chi connectivity index (χ0) is 20.5. The van der Waals surface area contributed by atoms with Crippen molar-refractivity contribution < 1.29 is 18.8 Å². The molecule has 0 saturated carbocycles. The normalized spacial score (nSPS) is 17.1. The van der Waals surface area contributed by atoms with Gasteiger partial charge in [0.2, 0.25) is 0 Å². The number of carbonyl (C=O) groups is 3. The number of Topliss-reactive ketones (excluding diaryl/α,β-unsaturated/α-hetero) is 1. The minimum Gasteiger partial charge on any atom is -0.296 e. The fraction of sp³-hybridized carbons (Fsp3) is 0.348. The van der Waals surface area contributed by atoms with E-state index in [1.165, 1.54) is 29.2 Å². The van der Waals surface area contributed by atoms with Crippen LogP contribution in [0.25, 0.3) is 0 Å². The molecule has 0 aromatic heterocycles. The van der Waals surface area contributed by atoms with E-state index in [2.05, 4.69) is 4.90 Å². The van der Waals surface area contributed by atoms with E-state index in [9.17, 15) is 18.8 Å². The number of carbonyl (C=O) groups excluding carboxylic acids is 3. The smallest absolute Gasteiger partial charge is 0.261 e. The number of ketones is 1. The molecule has 2 amide bonds. The lowest BCUT2D eigenvalue weighted by Gasteiger charge is -2.33. The minimum absolute atomic E-state index is 0. The van der Waals surface area contributed by atoms with Gasteiger partial charge < -0.3 is 0 Å². The van der Waals surface area contributed by atoms with Crippen LogP contribution in [-0.4, -0.2) is 53.6 Å². The maximum absolute atomic E-state index is 13.0. The van der Waals surface area contributed by atoms with Gasteiger partial charge in [-0.2, -0.15) is 0 Å². The maximum Gasteiger partial charge on any atom is 0.261 e. The summed E-state index contributed by atoms with van der Waals surface area (Å²) < 4.78 is 13.0. The molecule has 2 aromatic rings. The summed E-state index contributed by atoms with van der Waals surface area (Å²) in [5.74, 6) is -0.568. The first-order valence-electron chi connectivity index (χ1n) is 9.90. The van der Waals surface area contributed by atoms with Crippen LogP contribution in [0, 0.1) is 18.7 Å². The van der Waals surface area contributed by atoms with E-state index < -0.39 is 0 Å². The van der Waals surface area contributed by atoms with Crippen LogP contribution in [-0.2, 0) is 0 Å². The Hall–Kier alpha value is -2.57. The zero-order valence-electron chi connectivity index (χ0n) is 16.8. The highest BCUT2D eigenvalue weighted by atomic mass is 35.5. The molecule has 0 unspecified atom stereocenters. The highest BCUT2D eigenvalue weighted by molar-refractivity contribution is 6.21. The van der Waals surface area contributed by atoms with Gasteiger partial charge >= 0.3 is 0 Å². The van der Waals surface area contributed by atoms with Crippen LogP contribution in [0.4, 0.5) is 4.39 Å². The molecule has 2 heterocycles. The number of piperidine rings is 1. The number of hydrogen-bond acceptors (Lipinski definition) is 4. The molecule has 0 bridgehead atoms. The van der Waals surface area contributed by atoms with E-state index in [0.29, 0.717) is 29.8 Å². The molecule has 2 aliphatic heterocycles. The zero-order valence-corrected chi connectivity index (χ0v) is 17.6. The highest BCUT2D eigenvalue weighted by Gasteiger charge is 2.37. The second-order valence-corrected chi connectivity index (χ2v) is 7.92. The highest BCUT2D eigenvalue weighted by Crippen LogP contribution is 2.27. The first-order chi connectivity index (χ1) is 13.9. The second-order valence-electron chi connectivity index (χ2n) is 7.92. The van der Waals surface area contributed by atoms with Gasteiger partial charge in [0.25, 0.3) is 11.8 Å². The van der Waals surface area contributed by atoms with Crippen molar-refractivity contribution in [2.45, 2.75) is 19.8 Å². The summed E-state index contributed by atoms with van der Waals surface area (Å²) in [4.78, 5) is 41.1. The summed E-state index contributed by atoms with van der Waals surface area (Å²) in [6, 6.07) is 11.0. The Morgan fingerprint density at radius 1 is 1.00 bits per heavy atom. The molecule has 30 heavy (non-hydrogen) atoms. The third-order valence-electron chi connectivity index (χ3n) is 5.81. The summed E-state index contributed by atoms with van der Waals surface area (Å²) in [6.07, 6.45) is 1.65. The van der Waals surface area contributed by atoms with Gasteiger partial charge in [0.15, 0.2) is 5.78 Å². The van der Waals surface area contributed by atoms with Crippen molar-refractivity contribution >= 4 is 30.0 Å². The molecular weight excluding hydrogens is 407 g/mol. The fourth-order valence-electron chi connectivity index (χ4n) is 4.09. The standard InChI is InChI=1S/C23H23FN2O3.ClH/c1-15-2-7-19-20(12-15)23(29)26(22(19)28)13-16-8-10-25(11-9-16)14-21(27)17-3-5-18(24)6-4-17;/h2-7,12,16H,8-11,13-14H2,1H3;1H. The number of aryl methyl sites for hydroxylation is 1. The van der Waals surface area contributed by atoms with Gasteiger partial charge in [-0.05, 0) is 75.2 Å². The largest absolute Gasteiger partial charge is 0.296 e. The number of benzene rings is 2. The Morgan fingerprint density at radius 2 is 1.63 bits per heavy atom. The van der Waals surface area contributed by atoms with E-state index in [1.807, 2.05) is 13.0 Å². The predicted octanol–water partition coefficient (Wildman–Crippen LogP) is 3.75. The number of likely N-dealkylation sites (tertiary alicyclic amines) is 1. The molecule has 0 atom stereocenters. The second kappa shape index (κ2) is 9.06. The van der Waals surface area contributed by atoms with Gasteiger partial charge in [-0.3, -0.25) is 24.2 Å². The van der Waals surface area contributed by atoms with Gasteiger partial charge in [0.1, 0.15) is 5.82 Å². The Morgan fingerprint density at radius 3 is 2.30 bits per heavy atom. The lowest BCUT2D eigenvalue weighted by atomic mass is 9.95. The lowest BCUT2D eigenvalue weighted by Crippen LogP contribution is -2.42. The Labute approximate surface area is 181 Å². The van der Waals surface area contributed by atoms with Crippen LogP contribution >= 0.6 is 12.4 Å². The third kappa shape index (κ3) is 4.45. The maximum atomic E-state index is 13.0. The van der Waals surface area contributed by atoms with Gasteiger partial charge in [-0.15, -0.1) is 12.4 Å². The average Bonchev–Trinajstić information content (AvgIpc) is 2.94. The Bertz CT molecular complexity index is 969. The SMILES string of the molecule is Cc1ccc2c(c1)C(=O)N(CC1CCN(CC(=O)c3ccc(F)cc3)CC1)C2=O.Cl. The summed E-state index contributed by atoms with van der Waals surface area (Å²) in [7, 11) is 0. The Kier molecular flexibility index (Phi) is 6.68. The monoisotopic (exact) mass is 430 g/mol. The minimum atomic E-state index is -0.356. The lowest BCUT2D eigenvalue weighted by molar-refractivity contribution is 0.0598. The number of nitrogens with zero attached hydrogens (tertiary/aromatic N) is 2. The fourth-order valence-corrected chi connectivity index (χ4v) is 4.09. The Balaban J connectivity index is 0.00000256. The van der Waals surface area contributed by atoms with E-state index in [-0.39, 0.29) is 41.7 Å². The van der Waals surface area contributed by atoms with Crippen LogP contribution in [0.1, 0.15) is 49.5 Å². The molecule has 1 fully saturated rings. The molecule has 0 spiro atoms. The summed E-state index contributed by atoms with van der Waals surface area (Å²) in [6.45, 7) is 4.10. The topological polar surface area (TPSA) is 57.7 Å². The van der Waals surface area contributed by atoms with Crippen LogP contribution in [0.15, 0.2) is 42.5 Å². The molecule has 4 rings (SSSR count). The van der Waals surface area contributed by atoms with E-state index >= 15 is 0 Å². The van der Waals surface area contributed by atoms with Crippen molar-refractivity contribution in [3.63, 3.8) is 0 Å². The summed E-state index contributed by atoms with van der Waals surface area (Å²) >= 11 is 0. The number of imide groups is 1. The molecular formula is C23H24ClFN2O3. The van der Waals surface area contributed by atoms with Crippen molar-refractivity contribution in [3.05, 3.63) is 70.5 Å². The van der Waals surface area contributed by atoms with E-state index in [0.717, 1.165) is 31.5 Å². The van der Waals surface area contributed by atoms with Crippen LogP contribution in [0.3, 0.4) is 0 Å². The molecule has 1 saturated heterocycles. The number of fused-ring (bicyclic) bond motifs is 1. The number of amides is 2. The summed E-state index contributed by atoms with van der Waals surface area (Å²) in [5, 5.41) is 0. The van der Waals surface area contributed by atoms with Crippen LogP contribution < -0.4 is 0 Å². The number of hydrogen-bond donors (Lipinski definition) is 0. The molecule has 5 nitrogen and oxygen atoms in total. The molecule has 0 aliphatic carbocycles. The quantitative estimate of drug-likeness (QED) is 0.535. The first-order valence-corrected chi connectivity index (χ1v) is 9.90. The summed E-state index contributed by atoms with van der Waals surface area (Å²) in [5.41, 5.74) is 2.46. The third-order valence-corrected chi connectivity index (χ3v) is 5.81. The molecule has 158 valence electrons. The van der Waals surface area contributed by atoms with Crippen molar-refractivity contribution in [3.8, 4) is 0 Å². The average molecular weight is 431 g/mol. The molecule has 2 aromatic carbocycles. The van der Waals surface area contributed by atoms with Crippen LogP contribution in [0.2, 0.25) is 0 Å². The molecule has 2 aliphatic rings. The van der Waals surface area contributed by atoms with Crippen molar-refractivity contribution in [1.29, 1.82) is 0 Å². The predicted molar refractivity (Wildman–Crippen MR) is 114 cm³/mol. The van der Waals surface area contributed by atoms with Crippen molar-refractivity contribution in [2.24, 2.45) is 5.92 Å². The molecule has 7 heteroatoms. The van der Waals surface area contributed by atoms with Gasteiger partial charge in [-0.1, -0.05) is 11.6 Å². The van der Waals surface area contributed by atoms with E-state index in [4.69, 9.17) is 0 Å². The molecule has 0 N–H and O–H groups in total. The molecule has 0 radical (unpaired) electrons. The van der Waals surface area contributed by atoms with Crippen molar-refractivity contribution in [1.82, 2.24) is 9.80 Å². The van der Waals surface area contributed by atoms with Gasteiger partial charge in [-0.25, -0.2) is 4.39 Å².